The summed E-state index contributed by atoms with van der Waals surface area (Å²) < 4.78 is 1.95. The van der Waals surface area contributed by atoms with E-state index in [1.807, 2.05) is 35.1 Å². The number of hydrogen-bond donors (Lipinski definition) is 1. The maximum atomic E-state index is 12.6. The fraction of sp³-hybridized carbons (Fsp3) is 0.500. The predicted molar refractivity (Wildman–Crippen MR) is 99.4 cm³/mol. The van der Waals surface area contributed by atoms with Crippen molar-refractivity contribution in [3.05, 3.63) is 52.6 Å². The van der Waals surface area contributed by atoms with E-state index in [-0.39, 0.29) is 11.4 Å². The van der Waals surface area contributed by atoms with Gasteiger partial charge in [-0.05, 0) is 62.8 Å². The van der Waals surface area contributed by atoms with Gasteiger partial charge in [0.2, 0.25) is 0 Å². The van der Waals surface area contributed by atoms with E-state index in [2.05, 4.69) is 31.8 Å². The minimum absolute atomic E-state index is 0.138. The molecule has 2 N–H and O–H groups in total. The molecule has 3 rings (SSSR count). The van der Waals surface area contributed by atoms with Crippen molar-refractivity contribution in [3.8, 4) is 0 Å². The van der Waals surface area contributed by atoms with E-state index < -0.39 is 0 Å². The molecule has 5 nitrogen and oxygen atoms in total. The molecule has 0 radical (unpaired) electrons. The van der Waals surface area contributed by atoms with Crippen molar-refractivity contribution in [2.75, 3.05) is 6.54 Å². The lowest BCUT2D eigenvalue weighted by Crippen LogP contribution is -2.41. The first kappa shape index (κ1) is 17.7. The lowest BCUT2D eigenvalue weighted by atomic mass is 9.92. The van der Waals surface area contributed by atoms with Gasteiger partial charge >= 0.3 is 0 Å². The number of nitrogens with zero attached hydrogens (tertiary/aromatic N) is 3. The van der Waals surface area contributed by atoms with Gasteiger partial charge in [0.25, 0.3) is 5.91 Å². The number of nitrogens with two attached hydrogens (primary N) is 1. The Bertz CT molecular complexity index is 791. The number of benzene rings is 1. The number of rotatable bonds is 6. The van der Waals surface area contributed by atoms with Gasteiger partial charge in [-0.25, -0.2) is 4.98 Å². The highest BCUT2D eigenvalue weighted by molar-refractivity contribution is 5.98. The second-order valence-electron chi connectivity index (χ2n) is 7.75. The van der Waals surface area contributed by atoms with Crippen LogP contribution in [0.15, 0.2) is 24.7 Å². The van der Waals surface area contributed by atoms with Crippen molar-refractivity contribution in [1.29, 1.82) is 0 Å². The van der Waals surface area contributed by atoms with Crippen molar-refractivity contribution in [2.45, 2.75) is 52.1 Å². The van der Waals surface area contributed by atoms with Crippen LogP contribution in [0.25, 0.3) is 0 Å². The van der Waals surface area contributed by atoms with E-state index in [1.54, 1.807) is 0 Å². The van der Waals surface area contributed by atoms with Gasteiger partial charge < -0.3 is 15.2 Å². The Kier molecular flexibility index (Phi) is 4.69. The lowest BCUT2D eigenvalue weighted by Gasteiger charge is -2.27. The Hall–Kier alpha value is -2.14. The molecule has 1 amide bonds. The minimum Gasteiger partial charge on any atom is -0.340 e. The Morgan fingerprint density at radius 2 is 1.96 bits per heavy atom. The summed E-state index contributed by atoms with van der Waals surface area (Å²) in [7, 11) is 1.97. The summed E-state index contributed by atoms with van der Waals surface area (Å²) in [5.74, 6) is 0.138. The number of aromatic nitrogens is 2. The van der Waals surface area contributed by atoms with Crippen molar-refractivity contribution < 1.29 is 4.79 Å². The molecule has 1 aliphatic rings. The Labute approximate surface area is 149 Å². The zero-order valence-electron chi connectivity index (χ0n) is 15.7. The van der Waals surface area contributed by atoms with Gasteiger partial charge in [0.15, 0.2) is 0 Å². The second-order valence-corrected chi connectivity index (χ2v) is 7.75. The van der Waals surface area contributed by atoms with Crippen LogP contribution in [-0.2, 0) is 20.0 Å². The largest absolute Gasteiger partial charge is 0.340 e. The molecule has 0 fully saturated rings. The third-order valence-corrected chi connectivity index (χ3v) is 5.26. The third-order valence-electron chi connectivity index (χ3n) is 5.26. The van der Waals surface area contributed by atoms with E-state index in [9.17, 15) is 4.79 Å². The molecule has 0 saturated heterocycles. The zero-order chi connectivity index (χ0) is 18.2. The number of fused-ring (bicyclic) bond motifs is 1. The van der Waals surface area contributed by atoms with E-state index in [0.29, 0.717) is 13.1 Å². The van der Waals surface area contributed by atoms with Gasteiger partial charge in [0.1, 0.15) is 0 Å². The number of aryl methyl sites for hydroxylation is 4. The summed E-state index contributed by atoms with van der Waals surface area (Å²) in [6, 6.07) is 4.17. The SMILES string of the molecule is Cc1cc2c(cc1C)C(=O)N(CCC(C)(N)CCc1cn(C)cn1)C2. The predicted octanol–water partition coefficient (Wildman–Crippen LogP) is 2.73. The van der Waals surface area contributed by atoms with Crippen LogP contribution >= 0.6 is 0 Å². The molecule has 0 saturated carbocycles. The van der Waals surface area contributed by atoms with Crippen LogP contribution in [0.3, 0.4) is 0 Å². The fourth-order valence-corrected chi connectivity index (χ4v) is 3.36. The van der Waals surface area contributed by atoms with Crippen LogP contribution in [0.2, 0.25) is 0 Å². The molecule has 1 aliphatic heterocycles. The molecule has 5 heteroatoms. The van der Waals surface area contributed by atoms with Crippen molar-refractivity contribution in [1.82, 2.24) is 14.5 Å². The van der Waals surface area contributed by atoms with Crippen LogP contribution in [0.5, 0.6) is 0 Å². The Morgan fingerprint density at radius 1 is 1.24 bits per heavy atom. The number of imidazole rings is 1. The summed E-state index contributed by atoms with van der Waals surface area (Å²) >= 11 is 0. The highest BCUT2D eigenvalue weighted by Crippen LogP contribution is 2.27. The van der Waals surface area contributed by atoms with Gasteiger partial charge in [-0.1, -0.05) is 6.07 Å². The maximum absolute atomic E-state index is 12.6. The first-order valence-corrected chi connectivity index (χ1v) is 8.90. The van der Waals surface area contributed by atoms with Crippen molar-refractivity contribution in [2.24, 2.45) is 12.8 Å². The summed E-state index contributed by atoms with van der Waals surface area (Å²) in [4.78, 5) is 18.9. The second kappa shape index (κ2) is 6.64. The smallest absolute Gasteiger partial charge is 0.254 e. The summed E-state index contributed by atoms with van der Waals surface area (Å²) in [6.07, 6.45) is 6.35. The van der Waals surface area contributed by atoms with E-state index >= 15 is 0 Å². The standard InChI is InChI=1S/C20H28N4O/c1-14-9-16-11-24(19(25)18(16)10-15(14)2)8-7-20(3,21)6-5-17-12-23(4)13-22-17/h9-10,12-13H,5-8,11,21H2,1-4H3. The average molecular weight is 340 g/mol. The molecule has 0 aliphatic carbocycles. The third kappa shape index (κ3) is 3.93. The van der Waals surface area contributed by atoms with Gasteiger partial charge in [0.05, 0.1) is 12.0 Å². The van der Waals surface area contributed by atoms with Crippen LogP contribution in [-0.4, -0.2) is 32.4 Å². The highest BCUT2D eigenvalue weighted by Gasteiger charge is 2.29. The van der Waals surface area contributed by atoms with Crippen molar-refractivity contribution >= 4 is 5.91 Å². The molecular formula is C20H28N4O. The minimum atomic E-state index is -0.307. The summed E-state index contributed by atoms with van der Waals surface area (Å²) in [5, 5.41) is 0. The summed E-state index contributed by atoms with van der Waals surface area (Å²) in [5.41, 5.74) is 11.6. The zero-order valence-corrected chi connectivity index (χ0v) is 15.7. The number of carbonyl (C=O) groups excluding carboxylic acids is 1. The molecule has 1 atom stereocenters. The van der Waals surface area contributed by atoms with Crippen LogP contribution in [0.4, 0.5) is 0 Å². The number of hydrogen-bond acceptors (Lipinski definition) is 3. The molecular weight excluding hydrogens is 312 g/mol. The first-order valence-electron chi connectivity index (χ1n) is 8.90. The molecule has 1 unspecified atom stereocenters. The monoisotopic (exact) mass is 340 g/mol. The molecule has 0 spiro atoms. The van der Waals surface area contributed by atoms with Gasteiger partial charge in [0, 0.05) is 37.4 Å². The highest BCUT2D eigenvalue weighted by atomic mass is 16.2. The topological polar surface area (TPSA) is 64.2 Å². The molecule has 1 aromatic carbocycles. The number of amides is 1. The normalized spacial score (nSPS) is 16.2. The molecule has 25 heavy (non-hydrogen) atoms. The van der Waals surface area contributed by atoms with Gasteiger partial charge in [-0.2, -0.15) is 0 Å². The van der Waals surface area contributed by atoms with Crippen LogP contribution < -0.4 is 5.73 Å². The van der Waals surface area contributed by atoms with Gasteiger partial charge in [-0.3, -0.25) is 4.79 Å². The lowest BCUT2D eigenvalue weighted by molar-refractivity contribution is 0.0766. The number of carbonyl (C=O) groups is 1. The summed E-state index contributed by atoms with van der Waals surface area (Å²) in [6.45, 7) is 7.61. The first-order chi connectivity index (χ1) is 11.7. The quantitative estimate of drug-likeness (QED) is 0.879. The molecule has 0 bridgehead atoms. The molecule has 134 valence electrons. The molecule has 1 aromatic heterocycles. The average Bonchev–Trinajstić information content (AvgIpc) is 3.09. The van der Waals surface area contributed by atoms with Crippen molar-refractivity contribution in [3.63, 3.8) is 0 Å². The fourth-order valence-electron chi connectivity index (χ4n) is 3.36. The van der Waals surface area contributed by atoms with E-state index in [0.717, 1.165) is 36.1 Å². The van der Waals surface area contributed by atoms with Crippen LogP contribution in [0, 0.1) is 13.8 Å². The Morgan fingerprint density at radius 3 is 2.64 bits per heavy atom. The van der Waals surface area contributed by atoms with E-state index in [4.69, 9.17) is 5.73 Å². The Balaban J connectivity index is 1.57. The molecule has 2 aromatic rings. The van der Waals surface area contributed by atoms with E-state index in [1.165, 1.54) is 11.1 Å². The van der Waals surface area contributed by atoms with Crippen LogP contribution in [0.1, 0.15) is 52.5 Å². The van der Waals surface area contributed by atoms with Gasteiger partial charge in [-0.15, -0.1) is 0 Å². The maximum Gasteiger partial charge on any atom is 0.254 e. The molecule has 2 heterocycles.